The van der Waals surface area contributed by atoms with Gasteiger partial charge in [0.25, 0.3) is 0 Å². The molecule has 1 aromatic rings. The highest BCUT2D eigenvalue weighted by Gasteiger charge is 2.36. The first kappa shape index (κ1) is 12.5. The molecule has 0 aliphatic carbocycles. The summed E-state index contributed by atoms with van der Waals surface area (Å²) < 4.78 is 42.7. The van der Waals surface area contributed by atoms with Crippen molar-refractivity contribution < 1.29 is 17.9 Å². The fraction of sp³-hybridized carbons (Fsp3) is 0.364. The monoisotopic (exact) mass is 231 g/mol. The Morgan fingerprint density at radius 2 is 1.81 bits per heavy atom. The lowest BCUT2D eigenvalue weighted by molar-refractivity contribution is -0.0582. The molecule has 0 saturated carbocycles. The van der Waals surface area contributed by atoms with Gasteiger partial charge in [0.2, 0.25) is 0 Å². The molecular formula is C11H12F3NO. The third-order valence-corrected chi connectivity index (χ3v) is 1.95. The zero-order valence-corrected chi connectivity index (χ0v) is 9.01. The fourth-order valence-corrected chi connectivity index (χ4v) is 1.25. The number of methoxy groups -OCH3 is 1. The Morgan fingerprint density at radius 3 is 2.19 bits per heavy atom. The van der Waals surface area contributed by atoms with Gasteiger partial charge in [0.05, 0.1) is 7.11 Å². The molecule has 88 valence electrons. The summed E-state index contributed by atoms with van der Waals surface area (Å²) in [6.07, 6.45) is -4.43. The molecule has 2 nitrogen and oxygen atoms in total. The summed E-state index contributed by atoms with van der Waals surface area (Å²) in [5.74, 6) is 0.516. The van der Waals surface area contributed by atoms with Crippen molar-refractivity contribution in [1.29, 1.82) is 0 Å². The minimum atomic E-state index is -4.43. The van der Waals surface area contributed by atoms with E-state index in [1.807, 2.05) is 0 Å². The third-order valence-electron chi connectivity index (χ3n) is 1.95. The van der Waals surface area contributed by atoms with Crippen molar-refractivity contribution in [2.75, 3.05) is 13.7 Å². The summed E-state index contributed by atoms with van der Waals surface area (Å²) in [5, 5.41) is 0. The second kappa shape index (κ2) is 5.01. The molecule has 0 amide bonds. The van der Waals surface area contributed by atoms with E-state index in [0.717, 1.165) is 0 Å². The molecule has 0 saturated heterocycles. The number of benzene rings is 1. The van der Waals surface area contributed by atoms with Crippen molar-refractivity contribution in [2.45, 2.75) is 13.1 Å². The molecule has 5 heteroatoms. The predicted octanol–water partition coefficient (Wildman–Crippen LogP) is 3.07. The standard InChI is InChI=1S/C11H12F3NO/c1-3-15-10(11(12,13)14)8-4-6-9(16-2)7-5-8/h4-7H,3H2,1-2H3/b15-10-. The van der Waals surface area contributed by atoms with E-state index in [9.17, 15) is 13.2 Å². The van der Waals surface area contributed by atoms with E-state index in [4.69, 9.17) is 4.74 Å². The number of nitrogens with zero attached hydrogens (tertiary/aromatic N) is 1. The van der Waals surface area contributed by atoms with Gasteiger partial charge in [-0.1, -0.05) is 0 Å². The number of hydrogen-bond donors (Lipinski definition) is 0. The van der Waals surface area contributed by atoms with Crippen LogP contribution in [0.3, 0.4) is 0 Å². The molecule has 0 heterocycles. The SMILES string of the molecule is CC/N=C(/c1ccc(OC)cc1)C(F)(F)F. The van der Waals surface area contributed by atoms with Crippen LogP contribution >= 0.6 is 0 Å². The van der Waals surface area contributed by atoms with Crippen LogP contribution in [0.25, 0.3) is 0 Å². The second-order valence-corrected chi connectivity index (χ2v) is 3.05. The van der Waals surface area contributed by atoms with Crippen molar-refractivity contribution in [1.82, 2.24) is 0 Å². The highest BCUT2D eigenvalue weighted by atomic mass is 19.4. The number of halogens is 3. The quantitative estimate of drug-likeness (QED) is 0.732. The Balaban J connectivity index is 3.08. The Hall–Kier alpha value is -1.52. The summed E-state index contributed by atoms with van der Waals surface area (Å²) in [7, 11) is 1.46. The average Bonchev–Trinajstić information content (AvgIpc) is 2.25. The number of aliphatic imine (C=N–C) groups is 1. The number of rotatable bonds is 3. The van der Waals surface area contributed by atoms with Crippen LogP contribution in [0.15, 0.2) is 29.3 Å². The van der Waals surface area contributed by atoms with Crippen LogP contribution < -0.4 is 4.74 Å². The number of ether oxygens (including phenoxy) is 1. The Labute approximate surface area is 91.8 Å². The molecule has 0 atom stereocenters. The minimum Gasteiger partial charge on any atom is -0.497 e. The summed E-state index contributed by atoms with van der Waals surface area (Å²) in [4.78, 5) is 3.47. The van der Waals surface area contributed by atoms with Gasteiger partial charge in [-0.2, -0.15) is 13.2 Å². The molecule has 1 aromatic carbocycles. The molecule has 0 radical (unpaired) electrons. The Kier molecular flexibility index (Phi) is 3.93. The normalized spacial score (nSPS) is 12.7. The topological polar surface area (TPSA) is 21.6 Å². The van der Waals surface area contributed by atoms with E-state index in [1.165, 1.54) is 31.4 Å². The van der Waals surface area contributed by atoms with Crippen LogP contribution in [0.5, 0.6) is 5.75 Å². The molecule has 0 bridgehead atoms. The summed E-state index contributed by atoms with van der Waals surface area (Å²) >= 11 is 0. The predicted molar refractivity (Wildman–Crippen MR) is 56.1 cm³/mol. The molecule has 0 fully saturated rings. The molecule has 16 heavy (non-hydrogen) atoms. The maximum Gasteiger partial charge on any atom is 0.433 e. The second-order valence-electron chi connectivity index (χ2n) is 3.05. The molecule has 0 spiro atoms. The van der Waals surface area contributed by atoms with Crippen molar-refractivity contribution >= 4 is 5.71 Å². The van der Waals surface area contributed by atoms with Crippen molar-refractivity contribution in [3.05, 3.63) is 29.8 Å². The van der Waals surface area contributed by atoms with Crippen molar-refractivity contribution in [3.8, 4) is 5.75 Å². The first-order valence-corrected chi connectivity index (χ1v) is 4.75. The van der Waals surface area contributed by atoms with Gasteiger partial charge in [-0.3, -0.25) is 4.99 Å². The smallest absolute Gasteiger partial charge is 0.433 e. The molecule has 0 N–H and O–H groups in total. The molecule has 0 aromatic heterocycles. The molecular weight excluding hydrogens is 219 g/mol. The maximum absolute atomic E-state index is 12.6. The van der Waals surface area contributed by atoms with E-state index in [2.05, 4.69) is 4.99 Å². The lowest BCUT2D eigenvalue weighted by Crippen LogP contribution is -2.24. The van der Waals surface area contributed by atoms with Crippen molar-refractivity contribution in [2.24, 2.45) is 4.99 Å². The van der Waals surface area contributed by atoms with E-state index in [-0.39, 0.29) is 12.1 Å². The first-order valence-electron chi connectivity index (χ1n) is 4.75. The van der Waals surface area contributed by atoms with Gasteiger partial charge >= 0.3 is 6.18 Å². The molecule has 1 rings (SSSR count). The van der Waals surface area contributed by atoms with Crippen molar-refractivity contribution in [3.63, 3.8) is 0 Å². The lowest BCUT2D eigenvalue weighted by atomic mass is 10.1. The van der Waals surface area contributed by atoms with E-state index < -0.39 is 11.9 Å². The maximum atomic E-state index is 12.6. The average molecular weight is 231 g/mol. The van der Waals surface area contributed by atoms with Gasteiger partial charge in [-0.05, 0) is 31.2 Å². The van der Waals surface area contributed by atoms with Gasteiger partial charge < -0.3 is 4.74 Å². The van der Waals surface area contributed by atoms with Crippen LogP contribution in [-0.4, -0.2) is 25.5 Å². The van der Waals surface area contributed by atoms with Crippen LogP contribution in [0.1, 0.15) is 12.5 Å². The van der Waals surface area contributed by atoms with Gasteiger partial charge in [-0.15, -0.1) is 0 Å². The van der Waals surface area contributed by atoms with Gasteiger partial charge in [-0.25, -0.2) is 0 Å². The summed E-state index contributed by atoms with van der Waals surface area (Å²) in [6, 6.07) is 5.65. The van der Waals surface area contributed by atoms with Gasteiger partial charge in [0.1, 0.15) is 11.5 Å². The van der Waals surface area contributed by atoms with E-state index in [0.29, 0.717) is 5.75 Å². The van der Waals surface area contributed by atoms with E-state index in [1.54, 1.807) is 6.92 Å². The molecule has 0 unspecified atom stereocenters. The third kappa shape index (κ3) is 2.98. The van der Waals surface area contributed by atoms with E-state index >= 15 is 0 Å². The highest BCUT2D eigenvalue weighted by Crippen LogP contribution is 2.24. The van der Waals surface area contributed by atoms with Crippen LogP contribution in [0.2, 0.25) is 0 Å². The number of hydrogen-bond acceptors (Lipinski definition) is 2. The van der Waals surface area contributed by atoms with Crippen LogP contribution in [-0.2, 0) is 0 Å². The Bertz CT molecular complexity index is 368. The zero-order valence-electron chi connectivity index (χ0n) is 9.01. The van der Waals surface area contributed by atoms with Gasteiger partial charge in [0, 0.05) is 12.1 Å². The summed E-state index contributed by atoms with van der Waals surface area (Å²) in [6.45, 7) is 1.66. The zero-order chi connectivity index (χ0) is 12.2. The van der Waals surface area contributed by atoms with Crippen LogP contribution in [0.4, 0.5) is 13.2 Å². The number of alkyl halides is 3. The summed E-state index contributed by atoms with van der Waals surface area (Å²) in [5.41, 5.74) is -0.798. The minimum absolute atomic E-state index is 0.0511. The van der Waals surface area contributed by atoms with Crippen LogP contribution in [0, 0.1) is 0 Å². The largest absolute Gasteiger partial charge is 0.497 e. The van der Waals surface area contributed by atoms with Gasteiger partial charge in [0.15, 0.2) is 0 Å². The fourth-order valence-electron chi connectivity index (χ4n) is 1.25. The molecule has 0 aliphatic heterocycles. The first-order chi connectivity index (χ1) is 7.49. The molecule has 0 aliphatic rings. The lowest BCUT2D eigenvalue weighted by Gasteiger charge is -2.10. The Morgan fingerprint density at radius 1 is 1.25 bits per heavy atom. The highest BCUT2D eigenvalue weighted by molar-refractivity contribution is 6.04.